The highest BCUT2D eigenvalue weighted by molar-refractivity contribution is 7.15. The summed E-state index contributed by atoms with van der Waals surface area (Å²) in [4.78, 5) is 31.0. The van der Waals surface area contributed by atoms with Crippen LogP contribution in [0.25, 0.3) is 10.6 Å². The minimum Gasteiger partial charge on any atom is -0.493 e. The molecule has 2 aromatic carbocycles. The van der Waals surface area contributed by atoms with Crippen LogP contribution in [0.3, 0.4) is 0 Å². The number of allylic oxidation sites excluding steroid dienone is 1. The standard InChI is InChI=1S/C34H32N6O3S/c1-42-28-19-21(17-23-20-38-34(36)39-33(23)35)18-25(32(28)43-2)27(41)13-16-40-15-12-22-7-3-4-8-24(22)31(40)30-11-10-29(44-30)26-9-5-6-14-37-26/h3-11,13-14,16,18-20,31H,12,15,17H2,1-2H3,(H4,35,36,38,39). The number of ketones is 1. The molecule has 10 heteroatoms. The number of hydrogen-bond acceptors (Lipinski definition) is 10. The highest BCUT2D eigenvalue weighted by atomic mass is 32.1. The Morgan fingerprint density at radius 2 is 1.89 bits per heavy atom. The molecule has 0 saturated carbocycles. The van der Waals surface area contributed by atoms with Crippen molar-refractivity contribution in [1.82, 2.24) is 19.9 Å². The van der Waals surface area contributed by atoms with Crippen LogP contribution in [0.2, 0.25) is 0 Å². The summed E-state index contributed by atoms with van der Waals surface area (Å²) in [6.07, 6.45) is 8.17. The Morgan fingerprint density at radius 1 is 1.05 bits per heavy atom. The number of hydrogen-bond donors (Lipinski definition) is 2. The van der Waals surface area contributed by atoms with E-state index in [0.717, 1.165) is 29.1 Å². The Morgan fingerprint density at radius 3 is 2.66 bits per heavy atom. The fourth-order valence-corrected chi connectivity index (χ4v) is 6.68. The van der Waals surface area contributed by atoms with Crippen molar-refractivity contribution in [3.05, 3.63) is 124 Å². The van der Waals surface area contributed by atoms with Gasteiger partial charge in [-0.25, -0.2) is 4.98 Å². The maximum absolute atomic E-state index is 13.8. The summed E-state index contributed by atoms with van der Waals surface area (Å²) in [6, 6.07) is 22.3. The number of nitrogen functional groups attached to an aromatic ring is 2. The van der Waals surface area contributed by atoms with Crippen molar-refractivity contribution < 1.29 is 14.3 Å². The maximum Gasteiger partial charge on any atom is 0.221 e. The van der Waals surface area contributed by atoms with Crippen molar-refractivity contribution in [3.8, 4) is 22.1 Å². The SMILES string of the molecule is COc1cc(Cc2cnc(N)nc2N)cc(C(=O)C=CN2CCc3ccccc3C2c2ccc(-c3ccccn3)s2)c1OC. The van der Waals surface area contributed by atoms with Gasteiger partial charge in [0.15, 0.2) is 17.3 Å². The molecule has 4 heterocycles. The third-order valence-electron chi connectivity index (χ3n) is 7.67. The Kier molecular flexibility index (Phi) is 8.25. The summed E-state index contributed by atoms with van der Waals surface area (Å²) in [7, 11) is 3.07. The smallest absolute Gasteiger partial charge is 0.221 e. The highest BCUT2D eigenvalue weighted by Crippen LogP contribution is 2.41. The van der Waals surface area contributed by atoms with E-state index in [0.29, 0.717) is 29.0 Å². The summed E-state index contributed by atoms with van der Waals surface area (Å²) in [6.45, 7) is 0.763. The molecule has 44 heavy (non-hydrogen) atoms. The molecular weight excluding hydrogens is 572 g/mol. The van der Waals surface area contributed by atoms with Crippen molar-refractivity contribution in [3.63, 3.8) is 0 Å². The summed E-state index contributed by atoms with van der Waals surface area (Å²) < 4.78 is 11.2. The molecule has 1 atom stereocenters. The van der Waals surface area contributed by atoms with E-state index in [2.05, 4.69) is 56.3 Å². The number of rotatable bonds is 9. The zero-order chi connectivity index (χ0) is 30.6. The van der Waals surface area contributed by atoms with Gasteiger partial charge in [-0.3, -0.25) is 9.78 Å². The van der Waals surface area contributed by atoms with Crippen molar-refractivity contribution in [2.75, 3.05) is 32.2 Å². The van der Waals surface area contributed by atoms with E-state index in [4.69, 9.17) is 20.9 Å². The third kappa shape index (κ3) is 5.84. The molecule has 222 valence electrons. The van der Waals surface area contributed by atoms with Gasteiger partial charge in [0.1, 0.15) is 5.82 Å². The number of ether oxygens (including phenoxy) is 2. The number of thiophene rings is 1. The first-order valence-corrected chi connectivity index (χ1v) is 15.0. The van der Waals surface area contributed by atoms with Crippen LogP contribution in [-0.4, -0.2) is 46.4 Å². The average molecular weight is 605 g/mol. The average Bonchev–Trinajstić information content (AvgIpc) is 3.54. The molecule has 5 aromatic rings. The summed E-state index contributed by atoms with van der Waals surface area (Å²) in [5.74, 6) is 1.000. The Balaban J connectivity index is 1.33. The van der Waals surface area contributed by atoms with E-state index in [-0.39, 0.29) is 23.6 Å². The number of anilines is 2. The number of benzene rings is 2. The molecule has 9 nitrogen and oxygen atoms in total. The predicted molar refractivity (Wildman–Crippen MR) is 173 cm³/mol. The second-order valence-corrected chi connectivity index (χ2v) is 11.5. The van der Waals surface area contributed by atoms with Gasteiger partial charge in [0.25, 0.3) is 0 Å². The van der Waals surface area contributed by atoms with Crippen LogP contribution in [0, 0.1) is 0 Å². The molecule has 3 aromatic heterocycles. The number of methoxy groups -OCH3 is 2. The number of fused-ring (bicyclic) bond motifs is 1. The van der Waals surface area contributed by atoms with E-state index in [1.54, 1.807) is 36.8 Å². The Hall–Kier alpha value is -5.22. The molecule has 1 unspecified atom stereocenters. The number of pyridine rings is 1. The van der Waals surface area contributed by atoms with Crippen LogP contribution in [0.4, 0.5) is 11.8 Å². The lowest BCUT2D eigenvalue weighted by Gasteiger charge is -2.36. The van der Waals surface area contributed by atoms with Crippen molar-refractivity contribution >= 4 is 28.9 Å². The van der Waals surface area contributed by atoms with E-state index in [1.807, 2.05) is 36.7 Å². The quantitative estimate of drug-likeness (QED) is 0.160. The van der Waals surface area contributed by atoms with Gasteiger partial charge in [-0.05, 0) is 59.5 Å². The first-order chi connectivity index (χ1) is 21.4. The van der Waals surface area contributed by atoms with E-state index in [1.165, 1.54) is 23.1 Å². The van der Waals surface area contributed by atoms with Crippen LogP contribution < -0.4 is 20.9 Å². The molecule has 1 aliphatic heterocycles. The van der Waals surface area contributed by atoms with Crippen LogP contribution >= 0.6 is 11.3 Å². The van der Waals surface area contributed by atoms with Gasteiger partial charge in [0.2, 0.25) is 5.95 Å². The lowest BCUT2D eigenvalue weighted by Crippen LogP contribution is -2.31. The first kappa shape index (κ1) is 28.9. The van der Waals surface area contributed by atoms with E-state index in [9.17, 15) is 4.79 Å². The van der Waals surface area contributed by atoms with Gasteiger partial charge >= 0.3 is 0 Å². The number of carbonyl (C=O) groups is 1. The van der Waals surface area contributed by atoms with Crippen molar-refractivity contribution in [2.45, 2.75) is 18.9 Å². The molecule has 0 saturated heterocycles. The number of nitrogens with two attached hydrogens (primary N) is 2. The molecule has 0 fully saturated rings. The molecule has 0 amide bonds. The van der Waals surface area contributed by atoms with Gasteiger partial charge in [0, 0.05) is 48.1 Å². The van der Waals surface area contributed by atoms with Crippen LogP contribution in [0.1, 0.15) is 43.5 Å². The predicted octanol–water partition coefficient (Wildman–Crippen LogP) is 5.72. The van der Waals surface area contributed by atoms with E-state index >= 15 is 0 Å². The third-order valence-corrected chi connectivity index (χ3v) is 8.83. The Labute approximate surface area is 259 Å². The second-order valence-electron chi connectivity index (χ2n) is 10.4. The minimum atomic E-state index is -0.207. The lowest BCUT2D eigenvalue weighted by molar-refractivity contribution is 0.104. The van der Waals surface area contributed by atoms with Gasteiger partial charge < -0.3 is 25.8 Å². The van der Waals surface area contributed by atoms with Gasteiger partial charge in [-0.1, -0.05) is 30.3 Å². The molecule has 4 N–H and O–H groups in total. The van der Waals surface area contributed by atoms with Crippen molar-refractivity contribution in [2.24, 2.45) is 0 Å². The normalized spacial score (nSPS) is 14.4. The molecule has 1 aliphatic rings. The zero-order valence-corrected chi connectivity index (χ0v) is 25.3. The molecule has 0 spiro atoms. The molecule has 0 aliphatic carbocycles. The van der Waals surface area contributed by atoms with Gasteiger partial charge in [-0.15, -0.1) is 11.3 Å². The number of nitrogens with zero attached hydrogens (tertiary/aromatic N) is 4. The maximum atomic E-state index is 13.8. The molecule has 6 rings (SSSR count). The van der Waals surface area contributed by atoms with Crippen LogP contribution in [-0.2, 0) is 12.8 Å². The number of aromatic nitrogens is 3. The number of carbonyl (C=O) groups excluding carboxylic acids is 1. The fraction of sp³-hybridized carbons (Fsp3) is 0.176. The van der Waals surface area contributed by atoms with Crippen molar-refractivity contribution in [1.29, 1.82) is 0 Å². The van der Waals surface area contributed by atoms with Crippen LogP contribution in [0.5, 0.6) is 11.5 Å². The highest BCUT2D eigenvalue weighted by Gasteiger charge is 2.28. The lowest BCUT2D eigenvalue weighted by atomic mass is 9.92. The zero-order valence-electron chi connectivity index (χ0n) is 24.4. The second kappa shape index (κ2) is 12.6. The molecular formula is C34H32N6O3S. The van der Waals surface area contributed by atoms with Crippen LogP contribution in [0.15, 0.2) is 91.4 Å². The summed E-state index contributed by atoms with van der Waals surface area (Å²) in [5, 5.41) is 0. The fourth-order valence-electron chi connectivity index (χ4n) is 5.56. The van der Waals surface area contributed by atoms with Gasteiger partial charge in [0.05, 0.1) is 36.4 Å². The van der Waals surface area contributed by atoms with E-state index < -0.39 is 0 Å². The largest absolute Gasteiger partial charge is 0.493 e. The van der Waals surface area contributed by atoms with Gasteiger partial charge in [-0.2, -0.15) is 4.98 Å². The minimum absolute atomic E-state index is 0.0391. The molecule has 0 bridgehead atoms. The topological polar surface area (TPSA) is 129 Å². The first-order valence-electron chi connectivity index (χ1n) is 14.1. The monoisotopic (exact) mass is 604 g/mol. The molecule has 0 radical (unpaired) electrons. The summed E-state index contributed by atoms with van der Waals surface area (Å²) in [5.41, 5.74) is 17.1. The summed E-state index contributed by atoms with van der Waals surface area (Å²) >= 11 is 1.72. The Bertz CT molecular complexity index is 1840.